The molecule has 1 amide bonds. The van der Waals surface area contributed by atoms with Crippen molar-refractivity contribution in [2.45, 2.75) is 66.3 Å². The van der Waals surface area contributed by atoms with E-state index in [0.717, 1.165) is 31.4 Å². The van der Waals surface area contributed by atoms with Gasteiger partial charge in [-0.3, -0.25) is 4.84 Å². The van der Waals surface area contributed by atoms with Crippen LogP contribution >= 0.6 is 0 Å². The van der Waals surface area contributed by atoms with Crippen molar-refractivity contribution >= 4 is 17.9 Å². The molecule has 1 aliphatic carbocycles. The van der Waals surface area contributed by atoms with Crippen molar-refractivity contribution in [1.29, 1.82) is 0 Å². The van der Waals surface area contributed by atoms with Gasteiger partial charge in [-0.15, -0.1) is 0 Å². The van der Waals surface area contributed by atoms with Crippen LogP contribution in [0.1, 0.15) is 60.3 Å². The molecule has 0 saturated heterocycles. The fourth-order valence-corrected chi connectivity index (χ4v) is 3.38. The Morgan fingerprint density at radius 1 is 1.36 bits per heavy atom. The van der Waals surface area contributed by atoms with Gasteiger partial charge in [-0.05, 0) is 43.4 Å². The lowest BCUT2D eigenvalue weighted by Gasteiger charge is -2.45. The van der Waals surface area contributed by atoms with Crippen LogP contribution in [0.3, 0.4) is 0 Å². The largest absolute Gasteiger partial charge is 0.433 e. The van der Waals surface area contributed by atoms with Crippen molar-refractivity contribution in [3.63, 3.8) is 0 Å². The van der Waals surface area contributed by atoms with Crippen LogP contribution in [0, 0.1) is 10.8 Å². The molecule has 2 unspecified atom stereocenters. The normalized spacial score (nSPS) is 27.7. The second-order valence-corrected chi connectivity index (χ2v) is 7.35. The first kappa shape index (κ1) is 18.4. The first-order valence-electron chi connectivity index (χ1n) is 7.75. The van der Waals surface area contributed by atoms with Gasteiger partial charge in [0, 0.05) is 6.54 Å². The number of aliphatic imine (C=N–C) groups is 1. The number of hydrogen-bond acceptors (Lipinski definition) is 5. The Labute approximate surface area is 132 Å². The Morgan fingerprint density at radius 3 is 2.64 bits per heavy atom. The minimum atomic E-state index is -0.548. The summed E-state index contributed by atoms with van der Waals surface area (Å²) < 4.78 is 0. The molecule has 1 aliphatic rings. The molecule has 0 aromatic carbocycles. The molecule has 6 heteroatoms. The van der Waals surface area contributed by atoms with Gasteiger partial charge in [0.2, 0.25) is 6.08 Å². The van der Waals surface area contributed by atoms with E-state index in [-0.39, 0.29) is 16.9 Å². The maximum absolute atomic E-state index is 11.7. The van der Waals surface area contributed by atoms with Crippen LogP contribution < -0.4 is 5.32 Å². The van der Waals surface area contributed by atoms with E-state index in [9.17, 15) is 9.59 Å². The summed E-state index contributed by atoms with van der Waals surface area (Å²) in [5.41, 5.74) is 0.705. The van der Waals surface area contributed by atoms with Gasteiger partial charge in [-0.1, -0.05) is 32.9 Å². The zero-order valence-corrected chi connectivity index (χ0v) is 14.2. The van der Waals surface area contributed by atoms with Gasteiger partial charge >= 0.3 is 6.09 Å². The Kier molecular flexibility index (Phi) is 6.30. The third kappa shape index (κ3) is 5.98. The standard InChI is InChI=1S/C16H27N3O3/c1-6-12(2)19-22-14(21)17-10-16(5)8-13(18-11-20)7-15(3,4)9-16/h13H,6-10H2,1-5H3,(H,17,21)/b19-12+. The lowest BCUT2D eigenvalue weighted by Crippen LogP contribution is -2.44. The Morgan fingerprint density at radius 2 is 2.05 bits per heavy atom. The van der Waals surface area contributed by atoms with Crippen LogP contribution in [0.5, 0.6) is 0 Å². The van der Waals surface area contributed by atoms with Gasteiger partial charge in [0.15, 0.2) is 0 Å². The number of amides is 1. The number of carbonyl (C=O) groups is 1. The van der Waals surface area contributed by atoms with Gasteiger partial charge < -0.3 is 5.32 Å². The number of oxime groups is 1. The van der Waals surface area contributed by atoms with Crippen LogP contribution in [0.2, 0.25) is 0 Å². The third-order valence-corrected chi connectivity index (χ3v) is 4.11. The molecule has 0 aliphatic heterocycles. The van der Waals surface area contributed by atoms with Crippen LogP contribution in [0.25, 0.3) is 0 Å². The molecule has 1 saturated carbocycles. The highest BCUT2D eigenvalue weighted by Crippen LogP contribution is 2.46. The van der Waals surface area contributed by atoms with E-state index in [1.165, 1.54) is 0 Å². The number of nitrogens with one attached hydrogen (secondary N) is 1. The fourth-order valence-electron chi connectivity index (χ4n) is 3.38. The van der Waals surface area contributed by atoms with Gasteiger partial charge in [-0.25, -0.2) is 14.6 Å². The zero-order valence-electron chi connectivity index (χ0n) is 14.2. The molecule has 0 bridgehead atoms. The average molecular weight is 309 g/mol. The monoisotopic (exact) mass is 309 g/mol. The number of rotatable bonds is 5. The lowest BCUT2D eigenvalue weighted by atomic mass is 9.63. The maximum atomic E-state index is 11.7. The second-order valence-electron chi connectivity index (χ2n) is 7.35. The van der Waals surface area contributed by atoms with E-state index in [1.54, 1.807) is 13.0 Å². The van der Waals surface area contributed by atoms with Crippen molar-refractivity contribution in [1.82, 2.24) is 5.32 Å². The van der Waals surface area contributed by atoms with E-state index < -0.39 is 6.09 Å². The first-order chi connectivity index (χ1) is 10.2. The van der Waals surface area contributed by atoms with Gasteiger partial charge in [-0.2, -0.15) is 0 Å². The second kappa shape index (κ2) is 7.54. The van der Waals surface area contributed by atoms with Crippen LogP contribution in [0.4, 0.5) is 4.79 Å². The molecule has 0 aromatic rings. The quantitative estimate of drug-likeness (QED) is 0.366. The molecule has 0 radical (unpaired) electrons. The van der Waals surface area contributed by atoms with Crippen LogP contribution in [-0.2, 0) is 9.63 Å². The molecular weight excluding hydrogens is 282 g/mol. The van der Waals surface area contributed by atoms with E-state index in [1.807, 2.05) is 6.92 Å². The summed E-state index contributed by atoms with van der Waals surface area (Å²) in [4.78, 5) is 30.9. The number of hydrogen-bond donors (Lipinski definition) is 1. The number of carbonyl (C=O) groups excluding carboxylic acids is 2. The van der Waals surface area contributed by atoms with Crippen molar-refractivity contribution in [2.75, 3.05) is 6.54 Å². The summed E-state index contributed by atoms with van der Waals surface area (Å²) in [6, 6.07) is -0.0376. The summed E-state index contributed by atoms with van der Waals surface area (Å²) in [6.07, 6.45) is 4.42. The lowest BCUT2D eigenvalue weighted by molar-refractivity contribution is 0.0788. The first-order valence-corrected chi connectivity index (χ1v) is 7.75. The summed E-state index contributed by atoms with van der Waals surface area (Å²) in [5, 5.41) is 6.50. The fraction of sp³-hybridized carbons (Fsp3) is 0.812. The molecular formula is C16H27N3O3. The van der Waals surface area contributed by atoms with Crippen molar-refractivity contribution in [2.24, 2.45) is 21.0 Å². The molecule has 1 rings (SSSR count). The molecule has 0 heterocycles. The molecule has 6 nitrogen and oxygen atoms in total. The van der Waals surface area contributed by atoms with Crippen molar-refractivity contribution in [3.8, 4) is 0 Å². The highest BCUT2D eigenvalue weighted by atomic mass is 16.7. The minimum absolute atomic E-state index is 0.0376. The zero-order chi connectivity index (χ0) is 16.8. The minimum Gasteiger partial charge on any atom is -0.319 e. The predicted molar refractivity (Wildman–Crippen MR) is 85.5 cm³/mol. The number of nitrogens with zero attached hydrogens (tertiary/aromatic N) is 2. The molecule has 0 spiro atoms. The Balaban J connectivity index is 2.62. The van der Waals surface area contributed by atoms with Crippen molar-refractivity contribution in [3.05, 3.63) is 0 Å². The molecule has 1 fully saturated rings. The highest BCUT2D eigenvalue weighted by molar-refractivity contribution is 5.81. The topological polar surface area (TPSA) is 80.1 Å². The molecule has 22 heavy (non-hydrogen) atoms. The Bertz CT molecular complexity index is 481. The van der Waals surface area contributed by atoms with Gasteiger partial charge in [0.1, 0.15) is 0 Å². The molecule has 124 valence electrons. The smallest absolute Gasteiger partial charge is 0.319 e. The predicted octanol–water partition coefficient (Wildman–Crippen LogP) is 3.42. The van der Waals surface area contributed by atoms with E-state index >= 15 is 0 Å². The van der Waals surface area contributed by atoms with E-state index in [4.69, 9.17) is 4.84 Å². The third-order valence-electron chi connectivity index (χ3n) is 4.11. The van der Waals surface area contributed by atoms with Gasteiger partial charge in [0.05, 0.1) is 11.8 Å². The highest BCUT2D eigenvalue weighted by Gasteiger charge is 2.41. The summed E-state index contributed by atoms with van der Waals surface area (Å²) in [7, 11) is 0. The van der Waals surface area contributed by atoms with Crippen LogP contribution in [0.15, 0.2) is 10.1 Å². The summed E-state index contributed by atoms with van der Waals surface area (Å²) >= 11 is 0. The SMILES string of the molecule is CC/C(C)=N/OC(=O)NCC1(C)CC(N=C=O)CC(C)(C)C1. The van der Waals surface area contributed by atoms with E-state index in [2.05, 4.69) is 36.2 Å². The Hall–Kier alpha value is -1.68. The maximum Gasteiger partial charge on any atom is 0.433 e. The average Bonchev–Trinajstić information content (AvgIpc) is 2.40. The number of isocyanates is 1. The molecule has 1 N–H and O–H groups in total. The molecule has 2 atom stereocenters. The van der Waals surface area contributed by atoms with Crippen LogP contribution in [-0.4, -0.2) is 30.5 Å². The summed E-state index contributed by atoms with van der Waals surface area (Å²) in [6.45, 7) is 10.6. The van der Waals surface area contributed by atoms with Gasteiger partial charge in [0.25, 0.3) is 0 Å². The van der Waals surface area contributed by atoms with Crippen molar-refractivity contribution < 1.29 is 14.4 Å². The van der Waals surface area contributed by atoms with E-state index in [0.29, 0.717) is 6.54 Å². The molecule has 0 aromatic heterocycles. The summed E-state index contributed by atoms with van der Waals surface area (Å²) in [5.74, 6) is 0.